The van der Waals surface area contributed by atoms with Crippen LogP contribution in [0.5, 0.6) is 11.5 Å². The van der Waals surface area contributed by atoms with Crippen molar-refractivity contribution in [2.24, 2.45) is 0 Å². The topological polar surface area (TPSA) is 94.5 Å². The van der Waals surface area contributed by atoms with Gasteiger partial charge in [-0.15, -0.1) is 0 Å². The molecule has 27 heavy (non-hydrogen) atoms. The minimum Gasteiger partial charge on any atom is -0.485 e. The fourth-order valence-corrected chi connectivity index (χ4v) is 3.38. The first-order valence-electron chi connectivity index (χ1n) is 9.18. The largest absolute Gasteiger partial charge is 0.485 e. The maximum absolute atomic E-state index is 12.4. The summed E-state index contributed by atoms with van der Waals surface area (Å²) < 4.78 is 12.7. The number of ether oxygens (including phenoxy) is 2. The van der Waals surface area contributed by atoms with Crippen molar-refractivity contribution in [1.82, 2.24) is 15.1 Å². The van der Waals surface area contributed by atoms with Crippen LogP contribution in [0.4, 0.5) is 5.69 Å². The van der Waals surface area contributed by atoms with Gasteiger partial charge in [0.2, 0.25) is 12.0 Å². The third kappa shape index (κ3) is 4.21. The highest BCUT2D eigenvalue weighted by molar-refractivity contribution is 5.94. The van der Waals surface area contributed by atoms with Crippen LogP contribution in [0.1, 0.15) is 25.7 Å². The Morgan fingerprint density at radius 3 is 2.78 bits per heavy atom. The number of carbonyl (C=O) groups is 2. The first-order chi connectivity index (χ1) is 13.2. The van der Waals surface area contributed by atoms with Gasteiger partial charge in [-0.2, -0.15) is 5.10 Å². The van der Waals surface area contributed by atoms with Gasteiger partial charge < -0.3 is 20.1 Å². The Bertz CT molecular complexity index is 829. The smallest absolute Gasteiger partial charge is 0.269 e. The third-order valence-corrected chi connectivity index (χ3v) is 4.73. The van der Waals surface area contributed by atoms with Crippen LogP contribution < -0.4 is 20.1 Å². The molecule has 1 aromatic carbocycles. The predicted molar refractivity (Wildman–Crippen MR) is 97.6 cm³/mol. The van der Waals surface area contributed by atoms with Crippen LogP contribution in [0.25, 0.3) is 0 Å². The van der Waals surface area contributed by atoms with Gasteiger partial charge >= 0.3 is 0 Å². The summed E-state index contributed by atoms with van der Waals surface area (Å²) in [5.74, 6) is 0.786. The van der Waals surface area contributed by atoms with E-state index < -0.39 is 6.10 Å². The van der Waals surface area contributed by atoms with Crippen molar-refractivity contribution in [3.05, 3.63) is 36.7 Å². The number of hydrogen-bond acceptors (Lipinski definition) is 5. The van der Waals surface area contributed by atoms with Crippen LogP contribution in [0.2, 0.25) is 0 Å². The quantitative estimate of drug-likeness (QED) is 0.836. The zero-order chi connectivity index (χ0) is 18.6. The fraction of sp³-hybridized carbons (Fsp3) is 0.421. The summed E-state index contributed by atoms with van der Waals surface area (Å²) in [5.41, 5.74) is 0.510. The van der Waals surface area contributed by atoms with Crippen LogP contribution in [0.3, 0.4) is 0 Å². The molecule has 1 aliphatic heterocycles. The van der Waals surface area contributed by atoms with E-state index in [1.54, 1.807) is 18.3 Å². The van der Waals surface area contributed by atoms with Gasteiger partial charge in [-0.1, -0.05) is 25.0 Å². The highest BCUT2D eigenvalue weighted by Gasteiger charge is 2.27. The van der Waals surface area contributed by atoms with Gasteiger partial charge in [-0.05, 0) is 25.0 Å². The molecule has 1 fully saturated rings. The molecule has 1 saturated carbocycles. The van der Waals surface area contributed by atoms with E-state index in [2.05, 4.69) is 15.7 Å². The van der Waals surface area contributed by atoms with E-state index in [1.807, 2.05) is 12.1 Å². The van der Waals surface area contributed by atoms with E-state index in [0.717, 1.165) is 12.8 Å². The number of amides is 2. The molecule has 2 aliphatic rings. The predicted octanol–water partition coefficient (Wildman–Crippen LogP) is 1.72. The minimum atomic E-state index is -0.742. The lowest BCUT2D eigenvalue weighted by Gasteiger charge is -2.25. The van der Waals surface area contributed by atoms with Gasteiger partial charge in [0, 0.05) is 12.2 Å². The van der Waals surface area contributed by atoms with Crippen molar-refractivity contribution in [2.75, 3.05) is 11.9 Å². The van der Waals surface area contributed by atoms with Crippen molar-refractivity contribution in [3.8, 4) is 11.5 Å². The van der Waals surface area contributed by atoms with Gasteiger partial charge in [-0.3, -0.25) is 14.3 Å². The Kier molecular flexibility index (Phi) is 4.95. The Labute approximate surface area is 156 Å². The number of nitrogens with zero attached hydrogens (tertiary/aromatic N) is 2. The second-order valence-electron chi connectivity index (χ2n) is 6.83. The molecule has 0 bridgehead atoms. The molecule has 0 spiro atoms. The number of hydrogen-bond donors (Lipinski definition) is 2. The molecule has 2 aromatic rings. The van der Waals surface area contributed by atoms with Crippen molar-refractivity contribution >= 4 is 17.5 Å². The van der Waals surface area contributed by atoms with E-state index in [1.165, 1.54) is 23.7 Å². The minimum absolute atomic E-state index is 0.0662. The fourth-order valence-electron chi connectivity index (χ4n) is 3.38. The molecule has 2 heterocycles. The summed E-state index contributed by atoms with van der Waals surface area (Å²) in [4.78, 5) is 24.5. The maximum atomic E-state index is 12.4. The molecule has 2 amide bonds. The zero-order valence-electron chi connectivity index (χ0n) is 14.9. The summed E-state index contributed by atoms with van der Waals surface area (Å²) in [6.07, 6.45) is 6.81. The summed E-state index contributed by atoms with van der Waals surface area (Å²) in [6, 6.07) is 7.50. The van der Waals surface area contributed by atoms with E-state index in [0.29, 0.717) is 17.2 Å². The number of carbonyl (C=O) groups excluding carboxylic acids is 2. The molecule has 8 nitrogen and oxygen atoms in total. The molecule has 1 aliphatic carbocycles. The molecule has 2 N–H and O–H groups in total. The van der Waals surface area contributed by atoms with Gasteiger partial charge in [0.05, 0.1) is 11.9 Å². The standard InChI is InChI=1S/C19H22N4O4/c24-18(21-13-5-1-2-6-13)11-23-10-14(9-20-23)22-19(25)17-12-26-15-7-3-4-8-16(15)27-17/h3-4,7-10,13,17H,1-2,5-6,11-12H2,(H,21,24)(H,22,25). The summed E-state index contributed by atoms with van der Waals surface area (Å²) in [5, 5.41) is 9.90. The van der Waals surface area contributed by atoms with Gasteiger partial charge in [0.25, 0.3) is 5.91 Å². The van der Waals surface area contributed by atoms with Gasteiger partial charge in [0.15, 0.2) is 11.5 Å². The molecule has 0 saturated heterocycles. The van der Waals surface area contributed by atoms with Crippen LogP contribution in [0, 0.1) is 0 Å². The normalized spacial score (nSPS) is 18.9. The van der Waals surface area contributed by atoms with E-state index in [-0.39, 0.29) is 31.0 Å². The Hall–Kier alpha value is -3.03. The number of benzene rings is 1. The van der Waals surface area contributed by atoms with Crippen molar-refractivity contribution in [2.45, 2.75) is 44.4 Å². The van der Waals surface area contributed by atoms with Crippen molar-refractivity contribution in [3.63, 3.8) is 0 Å². The van der Waals surface area contributed by atoms with Crippen LogP contribution in [-0.2, 0) is 16.1 Å². The SMILES string of the molecule is O=C(Cn1cc(NC(=O)C2COc3ccccc3O2)cn1)NC1CCCC1. The lowest BCUT2D eigenvalue weighted by atomic mass is 10.2. The monoisotopic (exact) mass is 370 g/mol. The van der Waals surface area contributed by atoms with Crippen LogP contribution in [0.15, 0.2) is 36.7 Å². The molecule has 0 radical (unpaired) electrons. The summed E-state index contributed by atoms with van der Waals surface area (Å²) in [6.45, 7) is 0.267. The molecule has 1 atom stereocenters. The van der Waals surface area contributed by atoms with E-state index in [4.69, 9.17) is 9.47 Å². The number of nitrogens with one attached hydrogen (secondary N) is 2. The first-order valence-corrected chi connectivity index (χ1v) is 9.18. The lowest BCUT2D eigenvalue weighted by molar-refractivity contribution is -0.125. The maximum Gasteiger partial charge on any atom is 0.269 e. The average Bonchev–Trinajstić information content (AvgIpc) is 3.33. The van der Waals surface area contributed by atoms with Gasteiger partial charge in [-0.25, -0.2) is 0 Å². The number of fused-ring (bicyclic) bond motifs is 1. The lowest BCUT2D eigenvalue weighted by Crippen LogP contribution is -2.40. The van der Waals surface area contributed by atoms with Crippen molar-refractivity contribution in [1.29, 1.82) is 0 Å². The average molecular weight is 370 g/mol. The number of para-hydroxylation sites is 2. The molecule has 4 rings (SSSR count). The van der Waals surface area contributed by atoms with Crippen LogP contribution in [-0.4, -0.2) is 40.3 Å². The molecule has 1 unspecified atom stereocenters. The number of anilines is 1. The zero-order valence-corrected chi connectivity index (χ0v) is 14.9. The Morgan fingerprint density at radius 1 is 1.19 bits per heavy atom. The molecule has 8 heteroatoms. The van der Waals surface area contributed by atoms with E-state index >= 15 is 0 Å². The first kappa shape index (κ1) is 17.4. The van der Waals surface area contributed by atoms with E-state index in [9.17, 15) is 9.59 Å². The second-order valence-corrected chi connectivity index (χ2v) is 6.83. The number of aromatic nitrogens is 2. The number of rotatable bonds is 5. The highest BCUT2D eigenvalue weighted by atomic mass is 16.6. The second kappa shape index (κ2) is 7.69. The molecular formula is C19H22N4O4. The Morgan fingerprint density at radius 2 is 1.96 bits per heavy atom. The highest BCUT2D eigenvalue weighted by Crippen LogP contribution is 2.31. The summed E-state index contributed by atoms with van der Waals surface area (Å²) >= 11 is 0. The molecule has 142 valence electrons. The van der Waals surface area contributed by atoms with Crippen LogP contribution >= 0.6 is 0 Å². The van der Waals surface area contributed by atoms with Crippen molar-refractivity contribution < 1.29 is 19.1 Å². The Balaban J connectivity index is 1.30. The third-order valence-electron chi connectivity index (χ3n) is 4.73. The summed E-state index contributed by atoms with van der Waals surface area (Å²) in [7, 11) is 0. The van der Waals surface area contributed by atoms with Gasteiger partial charge in [0.1, 0.15) is 13.2 Å². The molecule has 1 aromatic heterocycles. The molecular weight excluding hydrogens is 348 g/mol.